The lowest BCUT2D eigenvalue weighted by atomic mass is 9.95. The summed E-state index contributed by atoms with van der Waals surface area (Å²) in [6.07, 6.45) is -4.58. The minimum atomic E-state index is -4.58. The minimum Gasteiger partial charge on any atom is -0.294 e. The minimum absolute atomic E-state index is 0.0880. The average Bonchev–Trinajstić information content (AvgIpc) is 3.25. The molecule has 0 fully saturated rings. The SMILES string of the molecule is CC1=C(C#N)[C@@H](c2ccc(C#N)cc2)n2nc(CNS(=O)O)nc2N1c1cccc(C(F)(F)F)c1. The topological polar surface area (TPSA) is 131 Å². The van der Waals surface area contributed by atoms with E-state index in [1.165, 1.54) is 21.7 Å². The Labute approximate surface area is 200 Å². The Morgan fingerprint density at radius 1 is 1.17 bits per heavy atom. The molecule has 1 aliphatic rings. The van der Waals surface area contributed by atoms with E-state index < -0.39 is 29.0 Å². The fourth-order valence-corrected chi connectivity index (χ4v) is 4.05. The molecule has 13 heteroatoms. The third-order valence-corrected chi connectivity index (χ3v) is 5.75. The maximum Gasteiger partial charge on any atom is 0.416 e. The first-order chi connectivity index (χ1) is 16.6. The number of hydrogen-bond donors (Lipinski definition) is 2. The van der Waals surface area contributed by atoms with Gasteiger partial charge in [-0.15, -0.1) is 0 Å². The Bertz CT molecular complexity index is 1420. The standard InChI is InChI=1S/C22H16F3N7O2S/c1-13-18(11-27)20(15-7-5-14(10-26)6-8-15)32-21(29-19(30-32)12-28-35(33)34)31(13)17-4-2-3-16(9-17)22(23,24)25/h2-9,20,28H,12H2,1H3,(H,33,34)/t20-/m1/s1. The molecule has 0 radical (unpaired) electrons. The zero-order valence-electron chi connectivity index (χ0n) is 18.0. The van der Waals surface area contributed by atoms with Gasteiger partial charge in [0.2, 0.25) is 17.2 Å². The Morgan fingerprint density at radius 2 is 1.89 bits per heavy atom. The molecular weight excluding hydrogens is 483 g/mol. The molecule has 4 rings (SSSR count). The van der Waals surface area contributed by atoms with Crippen LogP contribution < -0.4 is 9.62 Å². The number of hydrogen-bond acceptors (Lipinski definition) is 6. The van der Waals surface area contributed by atoms with Crippen LogP contribution in [0.25, 0.3) is 0 Å². The first-order valence-electron chi connectivity index (χ1n) is 10.0. The summed E-state index contributed by atoms with van der Waals surface area (Å²) in [6, 6.07) is 14.4. The molecule has 2 aromatic carbocycles. The van der Waals surface area contributed by atoms with Crippen molar-refractivity contribution >= 4 is 22.9 Å². The van der Waals surface area contributed by atoms with Crippen LogP contribution >= 0.6 is 0 Å². The second-order valence-corrected chi connectivity index (χ2v) is 8.26. The van der Waals surface area contributed by atoms with Crippen molar-refractivity contribution in [3.63, 3.8) is 0 Å². The Hall–Kier alpha value is -4.04. The highest BCUT2D eigenvalue weighted by molar-refractivity contribution is 7.77. The van der Waals surface area contributed by atoms with E-state index >= 15 is 0 Å². The molecule has 2 N–H and O–H groups in total. The van der Waals surface area contributed by atoms with Gasteiger partial charge in [-0.05, 0) is 42.8 Å². The van der Waals surface area contributed by atoms with E-state index in [0.717, 1.165) is 12.1 Å². The predicted octanol–water partition coefficient (Wildman–Crippen LogP) is 3.93. The van der Waals surface area contributed by atoms with Crippen molar-refractivity contribution < 1.29 is 21.9 Å². The van der Waals surface area contributed by atoms with Gasteiger partial charge in [-0.2, -0.15) is 33.8 Å². The summed E-state index contributed by atoms with van der Waals surface area (Å²) in [5.74, 6) is 0.209. The first kappa shape index (κ1) is 24.1. The molecule has 0 saturated heterocycles. The number of allylic oxidation sites excluding steroid dienone is 2. The smallest absolute Gasteiger partial charge is 0.294 e. The van der Waals surface area contributed by atoms with Gasteiger partial charge in [0.05, 0.1) is 35.4 Å². The summed E-state index contributed by atoms with van der Waals surface area (Å²) in [7, 11) is 0. The van der Waals surface area contributed by atoms with Crippen molar-refractivity contribution in [1.29, 1.82) is 10.5 Å². The average molecular weight is 499 g/mol. The summed E-state index contributed by atoms with van der Waals surface area (Å²) in [5.41, 5.74) is 0.783. The quantitative estimate of drug-likeness (QED) is 0.509. The number of nitrogens with zero attached hydrogens (tertiary/aromatic N) is 6. The third kappa shape index (κ3) is 4.65. The van der Waals surface area contributed by atoms with E-state index in [1.807, 2.05) is 6.07 Å². The maximum absolute atomic E-state index is 13.4. The van der Waals surface area contributed by atoms with Crippen molar-refractivity contribution in [3.8, 4) is 12.1 Å². The molecule has 178 valence electrons. The number of benzene rings is 2. The normalized spacial score (nSPS) is 16.4. The van der Waals surface area contributed by atoms with Crippen LogP contribution in [-0.2, 0) is 24.0 Å². The number of rotatable bonds is 5. The fourth-order valence-electron chi connectivity index (χ4n) is 3.80. The van der Waals surface area contributed by atoms with Gasteiger partial charge in [0.1, 0.15) is 6.04 Å². The third-order valence-electron chi connectivity index (χ3n) is 5.36. The van der Waals surface area contributed by atoms with Gasteiger partial charge in [-0.1, -0.05) is 18.2 Å². The van der Waals surface area contributed by atoms with E-state index in [0.29, 0.717) is 16.8 Å². The number of fused-ring (bicyclic) bond motifs is 1. The molecule has 3 aromatic rings. The number of halogens is 3. The molecule has 35 heavy (non-hydrogen) atoms. The molecule has 0 amide bonds. The maximum atomic E-state index is 13.4. The highest BCUT2D eigenvalue weighted by Crippen LogP contribution is 2.43. The van der Waals surface area contributed by atoms with Crippen LogP contribution in [0.2, 0.25) is 0 Å². The molecule has 1 aliphatic heterocycles. The molecular formula is C22H16F3N7O2S. The zero-order chi connectivity index (χ0) is 25.3. The van der Waals surface area contributed by atoms with Gasteiger partial charge in [0.25, 0.3) is 0 Å². The Morgan fingerprint density at radius 3 is 2.49 bits per heavy atom. The zero-order valence-corrected chi connectivity index (χ0v) is 18.8. The predicted molar refractivity (Wildman–Crippen MR) is 119 cm³/mol. The van der Waals surface area contributed by atoms with Gasteiger partial charge in [-0.3, -0.25) is 9.45 Å². The van der Waals surface area contributed by atoms with Gasteiger partial charge < -0.3 is 0 Å². The lowest BCUT2D eigenvalue weighted by Gasteiger charge is -2.34. The molecule has 2 atom stereocenters. The first-order valence-corrected chi connectivity index (χ1v) is 11.1. The lowest BCUT2D eigenvalue weighted by Crippen LogP contribution is -2.31. The van der Waals surface area contributed by atoms with Crippen LogP contribution in [-0.4, -0.2) is 23.5 Å². The second kappa shape index (κ2) is 9.31. The van der Waals surface area contributed by atoms with E-state index in [1.54, 1.807) is 31.2 Å². The Kier molecular flexibility index (Phi) is 6.41. The fraction of sp³-hybridized carbons (Fsp3) is 0.182. The van der Waals surface area contributed by atoms with Crippen molar-refractivity contribution in [3.05, 3.63) is 82.3 Å². The monoisotopic (exact) mass is 499 g/mol. The van der Waals surface area contributed by atoms with Gasteiger partial charge in [0.15, 0.2) is 5.82 Å². The molecule has 2 heterocycles. The number of nitriles is 2. The van der Waals surface area contributed by atoms with Crippen molar-refractivity contribution in [2.24, 2.45) is 0 Å². The van der Waals surface area contributed by atoms with Gasteiger partial charge >= 0.3 is 6.18 Å². The van der Waals surface area contributed by atoms with E-state index in [9.17, 15) is 22.6 Å². The second-order valence-electron chi connectivity index (χ2n) is 7.47. The number of anilines is 2. The molecule has 0 saturated carbocycles. The van der Waals surface area contributed by atoms with Gasteiger partial charge in [-0.25, -0.2) is 13.6 Å². The van der Waals surface area contributed by atoms with Gasteiger partial charge in [0, 0.05) is 11.4 Å². The van der Waals surface area contributed by atoms with E-state index in [-0.39, 0.29) is 29.6 Å². The summed E-state index contributed by atoms with van der Waals surface area (Å²) in [5, 5.41) is 23.5. The highest BCUT2D eigenvalue weighted by Gasteiger charge is 2.37. The van der Waals surface area contributed by atoms with Crippen molar-refractivity contribution in [2.75, 3.05) is 4.90 Å². The van der Waals surface area contributed by atoms with Crippen molar-refractivity contribution in [1.82, 2.24) is 19.5 Å². The number of aromatic nitrogens is 3. The van der Waals surface area contributed by atoms with Crippen LogP contribution in [0, 0.1) is 22.7 Å². The summed E-state index contributed by atoms with van der Waals surface area (Å²) in [6.45, 7) is 1.38. The molecule has 0 bridgehead atoms. The van der Waals surface area contributed by atoms with E-state index in [2.05, 4.69) is 20.9 Å². The molecule has 1 unspecified atom stereocenters. The lowest BCUT2D eigenvalue weighted by molar-refractivity contribution is -0.137. The molecule has 9 nitrogen and oxygen atoms in total. The molecule has 0 aliphatic carbocycles. The Balaban J connectivity index is 1.92. The van der Waals surface area contributed by atoms with Crippen LogP contribution in [0.15, 0.2) is 59.8 Å². The largest absolute Gasteiger partial charge is 0.416 e. The number of nitrogens with one attached hydrogen (secondary N) is 1. The highest BCUT2D eigenvalue weighted by atomic mass is 32.2. The van der Waals surface area contributed by atoms with Crippen LogP contribution in [0.1, 0.15) is 35.5 Å². The van der Waals surface area contributed by atoms with E-state index in [4.69, 9.17) is 9.81 Å². The van der Waals surface area contributed by atoms with Crippen LogP contribution in [0.5, 0.6) is 0 Å². The van der Waals surface area contributed by atoms with Crippen LogP contribution in [0.3, 0.4) is 0 Å². The molecule has 1 aromatic heterocycles. The summed E-state index contributed by atoms with van der Waals surface area (Å²) < 4.78 is 64.0. The van der Waals surface area contributed by atoms with Crippen LogP contribution in [0.4, 0.5) is 24.8 Å². The summed E-state index contributed by atoms with van der Waals surface area (Å²) >= 11 is -2.34. The summed E-state index contributed by atoms with van der Waals surface area (Å²) in [4.78, 5) is 5.78. The molecule has 0 spiro atoms. The number of alkyl halides is 3. The van der Waals surface area contributed by atoms with Crippen molar-refractivity contribution in [2.45, 2.75) is 25.7 Å².